The molecule has 0 unspecified atom stereocenters. The molecule has 1 heterocycles. The number of fused-ring (bicyclic) bond motifs is 1. The van der Waals surface area contributed by atoms with Gasteiger partial charge < -0.3 is 0 Å². The Kier molecular flexibility index (Phi) is 3.36. The largest absolute Gasteiger partial charge is 0.264 e. The van der Waals surface area contributed by atoms with E-state index in [4.69, 9.17) is 0 Å². The minimum absolute atomic E-state index is 0.127. The Morgan fingerprint density at radius 2 is 1.62 bits per heavy atom. The summed E-state index contributed by atoms with van der Waals surface area (Å²) in [5.74, 6) is 0. The fourth-order valence-electron chi connectivity index (χ4n) is 2.60. The highest BCUT2D eigenvalue weighted by Gasteiger charge is 2.20. The highest BCUT2D eigenvalue weighted by molar-refractivity contribution is 5.19. The quantitative estimate of drug-likeness (QED) is 0.652. The normalized spacial score (nSPS) is 18.4. The first kappa shape index (κ1) is 11.7. The molecule has 2 rings (SSSR count). The van der Waals surface area contributed by atoms with Gasteiger partial charge in [-0.2, -0.15) is 5.10 Å². The van der Waals surface area contributed by atoms with Crippen LogP contribution in [0, 0.1) is 0 Å². The van der Waals surface area contributed by atoms with E-state index in [2.05, 4.69) is 36.7 Å². The molecule has 1 aromatic heterocycles. The zero-order valence-corrected chi connectivity index (χ0v) is 10.9. The van der Waals surface area contributed by atoms with E-state index in [1.807, 2.05) is 0 Å². The van der Waals surface area contributed by atoms with E-state index in [9.17, 15) is 0 Å². The molecule has 16 heavy (non-hydrogen) atoms. The van der Waals surface area contributed by atoms with Crippen molar-refractivity contribution in [3.05, 3.63) is 17.5 Å². The fraction of sp³-hybridized carbons (Fsp3) is 0.786. The first-order chi connectivity index (χ1) is 7.59. The summed E-state index contributed by atoms with van der Waals surface area (Å²) in [7, 11) is 0. The van der Waals surface area contributed by atoms with Crippen molar-refractivity contribution in [2.75, 3.05) is 0 Å². The number of hydrogen-bond acceptors (Lipinski definition) is 1. The van der Waals surface area contributed by atoms with Gasteiger partial charge in [0.15, 0.2) is 0 Å². The van der Waals surface area contributed by atoms with Crippen LogP contribution in [0.5, 0.6) is 0 Å². The van der Waals surface area contributed by atoms with E-state index in [1.165, 1.54) is 56.2 Å². The number of rotatable bonds is 0. The van der Waals surface area contributed by atoms with Crippen molar-refractivity contribution in [2.45, 2.75) is 71.3 Å². The molecule has 1 aliphatic rings. The van der Waals surface area contributed by atoms with Gasteiger partial charge in [-0.25, -0.2) is 0 Å². The van der Waals surface area contributed by atoms with Crippen LogP contribution < -0.4 is 0 Å². The SMILES string of the molecule is CC(C)(C)n1ncc2c1CCCCCCC2. The summed E-state index contributed by atoms with van der Waals surface area (Å²) in [6.45, 7) is 6.73. The van der Waals surface area contributed by atoms with Gasteiger partial charge >= 0.3 is 0 Å². The first-order valence-corrected chi connectivity index (χ1v) is 6.65. The lowest BCUT2D eigenvalue weighted by molar-refractivity contribution is 0.341. The molecule has 0 atom stereocenters. The van der Waals surface area contributed by atoms with Crippen LogP contribution in [0.15, 0.2) is 6.20 Å². The Balaban J connectivity index is 2.29. The summed E-state index contributed by atoms with van der Waals surface area (Å²) in [6, 6.07) is 0. The van der Waals surface area contributed by atoms with Crippen molar-refractivity contribution in [3.63, 3.8) is 0 Å². The summed E-state index contributed by atoms with van der Waals surface area (Å²) in [5, 5.41) is 4.60. The van der Waals surface area contributed by atoms with Gasteiger partial charge in [-0.1, -0.05) is 19.3 Å². The van der Waals surface area contributed by atoms with E-state index < -0.39 is 0 Å². The average molecular weight is 220 g/mol. The Labute approximate surface area is 99.0 Å². The number of hydrogen-bond donors (Lipinski definition) is 0. The summed E-state index contributed by atoms with van der Waals surface area (Å²) < 4.78 is 2.24. The molecule has 2 heteroatoms. The molecular weight excluding hydrogens is 196 g/mol. The number of nitrogens with zero attached hydrogens (tertiary/aromatic N) is 2. The van der Waals surface area contributed by atoms with Crippen LogP contribution in [0.3, 0.4) is 0 Å². The van der Waals surface area contributed by atoms with E-state index in [0.29, 0.717) is 0 Å². The smallest absolute Gasteiger partial charge is 0.0546 e. The second-order valence-corrected chi connectivity index (χ2v) is 5.97. The summed E-state index contributed by atoms with van der Waals surface area (Å²) in [5.41, 5.74) is 3.12. The number of aromatic nitrogens is 2. The van der Waals surface area contributed by atoms with Crippen molar-refractivity contribution in [2.24, 2.45) is 0 Å². The van der Waals surface area contributed by atoms with Crippen LogP contribution in [-0.2, 0) is 18.4 Å². The van der Waals surface area contributed by atoms with Gasteiger partial charge in [0.1, 0.15) is 0 Å². The monoisotopic (exact) mass is 220 g/mol. The van der Waals surface area contributed by atoms with Crippen LogP contribution in [0.4, 0.5) is 0 Å². The van der Waals surface area contributed by atoms with Crippen molar-refractivity contribution in [3.8, 4) is 0 Å². The van der Waals surface area contributed by atoms with Crippen LogP contribution in [-0.4, -0.2) is 9.78 Å². The Morgan fingerprint density at radius 3 is 2.31 bits per heavy atom. The summed E-state index contributed by atoms with van der Waals surface area (Å²) in [6.07, 6.45) is 11.4. The molecule has 0 spiro atoms. The molecule has 2 nitrogen and oxygen atoms in total. The van der Waals surface area contributed by atoms with Crippen LogP contribution >= 0.6 is 0 Å². The molecule has 0 bridgehead atoms. The molecule has 0 saturated carbocycles. The lowest BCUT2D eigenvalue weighted by atomic mass is 10.0. The second kappa shape index (κ2) is 4.60. The van der Waals surface area contributed by atoms with Gasteiger partial charge in [0.05, 0.1) is 11.7 Å². The van der Waals surface area contributed by atoms with Gasteiger partial charge in [0.25, 0.3) is 0 Å². The van der Waals surface area contributed by atoms with E-state index in [0.717, 1.165) is 0 Å². The standard InChI is InChI=1S/C14H24N2/c1-14(2,3)16-13-10-8-6-4-5-7-9-12(13)11-15-16/h11H,4-10H2,1-3H3. The zero-order chi connectivity index (χ0) is 11.6. The molecule has 0 radical (unpaired) electrons. The Hall–Kier alpha value is -0.790. The van der Waals surface area contributed by atoms with E-state index in [-0.39, 0.29) is 5.54 Å². The summed E-state index contributed by atoms with van der Waals surface area (Å²) >= 11 is 0. The van der Waals surface area contributed by atoms with Crippen molar-refractivity contribution < 1.29 is 0 Å². The maximum atomic E-state index is 4.60. The Morgan fingerprint density at radius 1 is 1.00 bits per heavy atom. The minimum Gasteiger partial charge on any atom is -0.264 e. The van der Waals surface area contributed by atoms with Gasteiger partial charge in [-0.05, 0) is 52.0 Å². The molecule has 0 saturated heterocycles. The van der Waals surface area contributed by atoms with Crippen LogP contribution in [0.2, 0.25) is 0 Å². The molecule has 0 aliphatic heterocycles. The molecular formula is C14H24N2. The molecule has 1 aromatic rings. The Bertz CT molecular complexity index is 344. The predicted molar refractivity (Wildman–Crippen MR) is 67.7 cm³/mol. The van der Waals surface area contributed by atoms with E-state index in [1.54, 1.807) is 0 Å². The third kappa shape index (κ3) is 2.47. The van der Waals surface area contributed by atoms with Crippen molar-refractivity contribution in [1.82, 2.24) is 9.78 Å². The minimum atomic E-state index is 0.127. The van der Waals surface area contributed by atoms with Crippen LogP contribution in [0.1, 0.15) is 64.1 Å². The zero-order valence-electron chi connectivity index (χ0n) is 10.9. The maximum Gasteiger partial charge on any atom is 0.0546 e. The average Bonchev–Trinajstić information content (AvgIpc) is 2.59. The second-order valence-electron chi connectivity index (χ2n) is 5.97. The maximum absolute atomic E-state index is 4.60. The molecule has 0 fully saturated rings. The van der Waals surface area contributed by atoms with Gasteiger partial charge in [0, 0.05) is 5.69 Å². The number of aryl methyl sites for hydroxylation is 1. The molecule has 90 valence electrons. The molecule has 0 aromatic carbocycles. The fourth-order valence-corrected chi connectivity index (χ4v) is 2.60. The van der Waals surface area contributed by atoms with Crippen LogP contribution in [0.25, 0.3) is 0 Å². The first-order valence-electron chi connectivity index (χ1n) is 6.65. The highest BCUT2D eigenvalue weighted by atomic mass is 15.3. The molecule has 0 N–H and O–H groups in total. The highest BCUT2D eigenvalue weighted by Crippen LogP contribution is 2.24. The van der Waals surface area contributed by atoms with Gasteiger partial charge in [-0.15, -0.1) is 0 Å². The predicted octanol–water partition coefficient (Wildman–Crippen LogP) is 3.69. The topological polar surface area (TPSA) is 17.8 Å². The molecule has 0 amide bonds. The lowest BCUT2D eigenvalue weighted by Gasteiger charge is -2.23. The third-order valence-electron chi connectivity index (χ3n) is 3.45. The van der Waals surface area contributed by atoms with E-state index >= 15 is 0 Å². The summed E-state index contributed by atoms with van der Waals surface area (Å²) in [4.78, 5) is 0. The van der Waals surface area contributed by atoms with Crippen molar-refractivity contribution >= 4 is 0 Å². The lowest BCUT2D eigenvalue weighted by Crippen LogP contribution is -2.25. The van der Waals surface area contributed by atoms with Crippen molar-refractivity contribution in [1.29, 1.82) is 0 Å². The third-order valence-corrected chi connectivity index (χ3v) is 3.45. The van der Waals surface area contributed by atoms with Gasteiger partial charge in [-0.3, -0.25) is 4.68 Å². The van der Waals surface area contributed by atoms with Gasteiger partial charge in [0.2, 0.25) is 0 Å². The molecule has 1 aliphatic carbocycles.